The molecule has 2 heterocycles. The second kappa shape index (κ2) is 6.98. The minimum Gasteiger partial charge on any atom is -0.321 e. The van der Waals surface area contributed by atoms with Crippen molar-refractivity contribution in [3.05, 3.63) is 66.6 Å². The zero-order chi connectivity index (χ0) is 17.9. The van der Waals surface area contributed by atoms with E-state index in [0.717, 1.165) is 0 Å². The largest absolute Gasteiger partial charge is 0.446 e. The fraction of sp³-hybridized carbons (Fsp3) is 0.0625. The Morgan fingerprint density at radius 2 is 1.92 bits per heavy atom. The molecular formula is C16H11F3N4OS. The molecule has 0 aliphatic rings. The van der Waals surface area contributed by atoms with Crippen LogP contribution in [0.15, 0.2) is 66.0 Å². The van der Waals surface area contributed by atoms with Gasteiger partial charge in [0, 0.05) is 17.3 Å². The fourth-order valence-electron chi connectivity index (χ4n) is 2.07. The maximum absolute atomic E-state index is 12.6. The summed E-state index contributed by atoms with van der Waals surface area (Å²) in [6.45, 7) is 0. The summed E-state index contributed by atoms with van der Waals surface area (Å²) in [5.74, 6) is -0.0861. The molecule has 0 unspecified atom stereocenters. The lowest BCUT2D eigenvalue weighted by atomic mass is 10.2. The van der Waals surface area contributed by atoms with Crippen LogP contribution in [-0.2, 0) is 0 Å². The molecule has 0 saturated carbocycles. The highest BCUT2D eigenvalue weighted by molar-refractivity contribution is 8.00. The smallest absolute Gasteiger partial charge is 0.321 e. The topological polar surface area (TPSA) is 59.8 Å². The number of carbonyl (C=O) groups excluding carboxylic acids is 1. The number of amides is 1. The molecule has 0 atom stereocenters. The van der Waals surface area contributed by atoms with E-state index in [1.165, 1.54) is 30.5 Å². The predicted octanol–water partition coefficient (Wildman–Crippen LogP) is 4.13. The van der Waals surface area contributed by atoms with Crippen LogP contribution < -0.4 is 5.32 Å². The Balaban J connectivity index is 1.76. The van der Waals surface area contributed by atoms with Crippen molar-refractivity contribution >= 4 is 23.4 Å². The third kappa shape index (κ3) is 4.38. The molecule has 0 saturated heterocycles. The highest BCUT2D eigenvalue weighted by Gasteiger charge is 2.31. The second-order valence-electron chi connectivity index (χ2n) is 4.85. The summed E-state index contributed by atoms with van der Waals surface area (Å²) >= 11 is -0.321. The monoisotopic (exact) mass is 364 g/mol. The highest BCUT2D eigenvalue weighted by Crippen LogP contribution is 2.38. The standard InChI is InChI=1S/C16H11F3N4OS/c17-16(18,19)25-13-5-2-1-4-12(13)15(24)22-11-6-7-14(20-10-11)23-9-3-8-21-23/h1-10H,(H,22,24). The number of nitrogens with zero attached hydrogens (tertiary/aromatic N) is 3. The molecular weight excluding hydrogens is 353 g/mol. The Bertz CT molecular complexity index is 864. The van der Waals surface area contributed by atoms with Gasteiger partial charge in [-0.15, -0.1) is 0 Å². The first-order valence-corrected chi connectivity index (χ1v) is 7.86. The van der Waals surface area contributed by atoms with Crippen LogP contribution >= 0.6 is 11.8 Å². The van der Waals surface area contributed by atoms with E-state index in [0.29, 0.717) is 11.5 Å². The number of thioether (sulfide) groups is 1. The minimum atomic E-state index is -4.47. The Morgan fingerprint density at radius 3 is 2.56 bits per heavy atom. The lowest BCUT2D eigenvalue weighted by molar-refractivity contribution is -0.0328. The first kappa shape index (κ1) is 17.0. The van der Waals surface area contributed by atoms with Gasteiger partial charge >= 0.3 is 5.51 Å². The van der Waals surface area contributed by atoms with Crippen molar-refractivity contribution in [3.63, 3.8) is 0 Å². The molecule has 0 radical (unpaired) electrons. The number of alkyl halides is 3. The molecule has 2 aromatic heterocycles. The van der Waals surface area contributed by atoms with Crippen molar-refractivity contribution in [3.8, 4) is 5.82 Å². The average Bonchev–Trinajstić information content (AvgIpc) is 3.09. The number of halogens is 3. The SMILES string of the molecule is O=C(Nc1ccc(-n2cccn2)nc1)c1ccccc1SC(F)(F)F. The lowest BCUT2D eigenvalue weighted by Crippen LogP contribution is -2.14. The molecule has 0 aliphatic heterocycles. The van der Waals surface area contributed by atoms with Crippen molar-refractivity contribution in [2.45, 2.75) is 10.4 Å². The van der Waals surface area contributed by atoms with Gasteiger partial charge in [0.15, 0.2) is 5.82 Å². The second-order valence-corrected chi connectivity index (χ2v) is 5.96. The van der Waals surface area contributed by atoms with Crippen molar-refractivity contribution in [2.75, 3.05) is 5.32 Å². The molecule has 0 spiro atoms. The third-order valence-corrected chi connectivity index (χ3v) is 3.91. The Labute approximate surface area is 144 Å². The molecule has 9 heteroatoms. The molecule has 1 amide bonds. The van der Waals surface area contributed by atoms with E-state index in [4.69, 9.17) is 0 Å². The summed E-state index contributed by atoms with van der Waals surface area (Å²) in [4.78, 5) is 16.3. The van der Waals surface area contributed by atoms with Crippen LogP contribution in [0.2, 0.25) is 0 Å². The normalized spacial score (nSPS) is 11.3. The van der Waals surface area contributed by atoms with Gasteiger partial charge in [-0.1, -0.05) is 12.1 Å². The summed E-state index contributed by atoms with van der Waals surface area (Å²) < 4.78 is 39.4. The number of rotatable bonds is 4. The summed E-state index contributed by atoms with van der Waals surface area (Å²) in [5.41, 5.74) is -4.16. The summed E-state index contributed by atoms with van der Waals surface area (Å²) in [6, 6.07) is 10.5. The number of hydrogen-bond acceptors (Lipinski definition) is 4. The molecule has 1 N–H and O–H groups in total. The molecule has 0 aliphatic carbocycles. The van der Waals surface area contributed by atoms with Gasteiger partial charge in [0.1, 0.15) is 0 Å². The number of nitrogens with one attached hydrogen (secondary N) is 1. The Hall–Kier alpha value is -2.81. The van der Waals surface area contributed by atoms with Crippen LogP contribution in [0.3, 0.4) is 0 Å². The van der Waals surface area contributed by atoms with E-state index in [-0.39, 0.29) is 22.2 Å². The molecule has 5 nitrogen and oxygen atoms in total. The Morgan fingerprint density at radius 1 is 1.12 bits per heavy atom. The van der Waals surface area contributed by atoms with Gasteiger partial charge in [-0.05, 0) is 42.1 Å². The quantitative estimate of drug-likeness (QED) is 0.707. The number of hydrogen-bond donors (Lipinski definition) is 1. The van der Waals surface area contributed by atoms with E-state index in [9.17, 15) is 18.0 Å². The maximum Gasteiger partial charge on any atom is 0.446 e. The van der Waals surface area contributed by atoms with E-state index in [1.54, 1.807) is 35.3 Å². The summed E-state index contributed by atoms with van der Waals surface area (Å²) in [7, 11) is 0. The summed E-state index contributed by atoms with van der Waals surface area (Å²) in [6.07, 6.45) is 4.73. The molecule has 1 aromatic carbocycles. The molecule has 128 valence electrons. The van der Waals surface area contributed by atoms with E-state index in [1.807, 2.05) is 0 Å². The zero-order valence-corrected chi connectivity index (χ0v) is 13.4. The fourth-order valence-corrected chi connectivity index (χ4v) is 2.73. The van der Waals surface area contributed by atoms with Gasteiger partial charge in [0.05, 0.1) is 17.4 Å². The van der Waals surface area contributed by atoms with Crippen LogP contribution in [-0.4, -0.2) is 26.2 Å². The third-order valence-electron chi connectivity index (χ3n) is 3.10. The molecule has 0 bridgehead atoms. The van der Waals surface area contributed by atoms with E-state index in [2.05, 4.69) is 15.4 Å². The predicted molar refractivity (Wildman–Crippen MR) is 87.7 cm³/mol. The van der Waals surface area contributed by atoms with Gasteiger partial charge in [-0.25, -0.2) is 9.67 Å². The molecule has 25 heavy (non-hydrogen) atoms. The van der Waals surface area contributed by atoms with Gasteiger partial charge in [-0.2, -0.15) is 18.3 Å². The van der Waals surface area contributed by atoms with Gasteiger partial charge in [0.2, 0.25) is 0 Å². The number of aromatic nitrogens is 3. The first-order valence-electron chi connectivity index (χ1n) is 7.04. The highest BCUT2D eigenvalue weighted by atomic mass is 32.2. The van der Waals surface area contributed by atoms with Gasteiger partial charge in [-0.3, -0.25) is 4.79 Å². The van der Waals surface area contributed by atoms with Crippen LogP contribution in [0.5, 0.6) is 0 Å². The van der Waals surface area contributed by atoms with Crippen molar-refractivity contribution in [2.24, 2.45) is 0 Å². The number of pyridine rings is 1. The maximum atomic E-state index is 12.6. The number of benzene rings is 1. The zero-order valence-electron chi connectivity index (χ0n) is 12.6. The minimum absolute atomic E-state index is 0.0547. The molecule has 0 fully saturated rings. The Kier molecular flexibility index (Phi) is 4.75. The first-order chi connectivity index (χ1) is 11.9. The number of carbonyl (C=O) groups is 1. The van der Waals surface area contributed by atoms with Crippen LogP contribution in [0.4, 0.5) is 18.9 Å². The summed E-state index contributed by atoms with van der Waals surface area (Å²) in [5, 5.41) is 6.57. The number of anilines is 1. The van der Waals surface area contributed by atoms with Crippen molar-refractivity contribution < 1.29 is 18.0 Å². The van der Waals surface area contributed by atoms with Crippen LogP contribution in [0, 0.1) is 0 Å². The van der Waals surface area contributed by atoms with E-state index < -0.39 is 11.4 Å². The molecule has 3 aromatic rings. The van der Waals surface area contributed by atoms with Crippen molar-refractivity contribution in [1.29, 1.82) is 0 Å². The van der Waals surface area contributed by atoms with E-state index >= 15 is 0 Å². The van der Waals surface area contributed by atoms with Crippen molar-refractivity contribution in [1.82, 2.24) is 14.8 Å². The van der Waals surface area contributed by atoms with Gasteiger partial charge < -0.3 is 5.32 Å². The lowest BCUT2D eigenvalue weighted by Gasteiger charge is -2.11. The van der Waals surface area contributed by atoms with Gasteiger partial charge in [0.25, 0.3) is 5.91 Å². The van der Waals surface area contributed by atoms with Crippen LogP contribution in [0.25, 0.3) is 5.82 Å². The molecule has 3 rings (SSSR count). The van der Waals surface area contributed by atoms with Crippen LogP contribution in [0.1, 0.15) is 10.4 Å². The average molecular weight is 364 g/mol.